The first-order chi connectivity index (χ1) is 12.1. The summed E-state index contributed by atoms with van der Waals surface area (Å²) in [6.45, 7) is 5.16. The molecule has 1 aromatic carbocycles. The molecule has 2 N–H and O–H groups in total. The molecule has 2 aliphatic heterocycles. The van der Waals surface area contributed by atoms with Crippen LogP contribution in [0.3, 0.4) is 0 Å². The maximum Gasteiger partial charge on any atom is 0.253 e. The summed E-state index contributed by atoms with van der Waals surface area (Å²) < 4.78 is 0. The van der Waals surface area contributed by atoms with Crippen molar-refractivity contribution >= 4 is 11.8 Å². The van der Waals surface area contributed by atoms with E-state index in [1.165, 1.54) is 12.0 Å². The number of aryl methyl sites for hydroxylation is 1. The minimum atomic E-state index is -0.566. The van der Waals surface area contributed by atoms with E-state index in [9.17, 15) is 9.59 Å². The molecule has 25 heavy (non-hydrogen) atoms. The van der Waals surface area contributed by atoms with Crippen molar-refractivity contribution in [3.8, 4) is 0 Å². The lowest BCUT2D eigenvalue weighted by Crippen LogP contribution is -2.63. The number of hydrogen-bond donors (Lipinski definition) is 1. The van der Waals surface area contributed by atoms with Crippen molar-refractivity contribution in [3.63, 3.8) is 0 Å². The number of primary amides is 1. The molecule has 1 aromatic rings. The lowest BCUT2D eigenvalue weighted by atomic mass is 9.83. The summed E-state index contributed by atoms with van der Waals surface area (Å²) in [5.74, 6) is -0.173. The molecule has 2 aliphatic rings. The normalized spacial score (nSPS) is 21.1. The summed E-state index contributed by atoms with van der Waals surface area (Å²) in [5, 5.41) is 0. The molecule has 0 atom stereocenters. The molecule has 0 aromatic heterocycles. The maximum atomic E-state index is 12.8. The number of carbonyl (C=O) groups is 2. The zero-order valence-electron chi connectivity index (χ0n) is 15.2. The van der Waals surface area contributed by atoms with Gasteiger partial charge in [0, 0.05) is 18.7 Å². The quantitative estimate of drug-likeness (QED) is 0.911. The van der Waals surface area contributed by atoms with E-state index < -0.39 is 5.54 Å². The Morgan fingerprint density at radius 3 is 2.12 bits per heavy atom. The molecule has 5 nitrogen and oxygen atoms in total. The van der Waals surface area contributed by atoms with Gasteiger partial charge in [0.25, 0.3) is 5.91 Å². The molecular weight excluding hydrogens is 314 g/mol. The third-order valence-electron chi connectivity index (χ3n) is 5.91. The van der Waals surface area contributed by atoms with Gasteiger partial charge in [-0.15, -0.1) is 0 Å². The number of likely N-dealkylation sites (tertiary alicyclic amines) is 2. The first kappa shape index (κ1) is 17.9. The van der Waals surface area contributed by atoms with E-state index in [1.807, 2.05) is 29.2 Å². The highest BCUT2D eigenvalue weighted by Crippen LogP contribution is 2.32. The number of nitrogens with zero attached hydrogens (tertiary/aromatic N) is 2. The molecule has 0 unspecified atom stereocenters. The van der Waals surface area contributed by atoms with Gasteiger partial charge in [0.15, 0.2) is 0 Å². The molecule has 5 heteroatoms. The van der Waals surface area contributed by atoms with E-state index in [1.54, 1.807) is 0 Å². The van der Waals surface area contributed by atoms with Crippen molar-refractivity contribution in [2.45, 2.75) is 51.0 Å². The highest BCUT2D eigenvalue weighted by molar-refractivity contribution is 5.94. The SMILES string of the molecule is CCc1ccc(C(=O)N2CCC(C(N)=O)(N3CCCCC3)CC2)cc1. The van der Waals surface area contributed by atoms with Crippen LogP contribution in [0.1, 0.15) is 54.9 Å². The van der Waals surface area contributed by atoms with Crippen LogP contribution in [0.4, 0.5) is 0 Å². The highest BCUT2D eigenvalue weighted by Gasteiger charge is 2.45. The molecular formula is C20H29N3O2. The standard InChI is InChI=1S/C20H29N3O2/c1-2-16-6-8-17(9-7-16)18(24)22-14-10-20(11-15-22,19(21)25)23-12-4-3-5-13-23/h6-9H,2-5,10-15H2,1H3,(H2,21,25). The van der Waals surface area contributed by atoms with E-state index in [0.29, 0.717) is 25.9 Å². The number of benzene rings is 1. The fourth-order valence-corrected chi connectivity index (χ4v) is 4.19. The maximum absolute atomic E-state index is 12.8. The van der Waals surface area contributed by atoms with Crippen molar-refractivity contribution in [2.75, 3.05) is 26.2 Å². The predicted molar refractivity (Wildman–Crippen MR) is 98.3 cm³/mol. The summed E-state index contributed by atoms with van der Waals surface area (Å²) in [7, 11) is 0. The molecule has 0 radical (unpaired) electrons. The van der Waals surface area contributed by atoms with Gasteiger partial charge in [-0.3, -0.25) is 14.5 Å². The minimum absolute atomic E-state index is 0.0550. The topological polar surface area (TPSA) is 66.6 Å². The van der Waals surface area contributed by atoms with Gasteiger partial charge in [-0.05, 0) is 62.9 Å². The molecule has 2 fully saturated rings. The first-order valence-electron chi connectivity index (χ1n) is 9.50. The Hall–Kier alpha value is -1.88. The summed E-state index contributed by atoms with van der Waals surface area (Å²) in [4.78, 5) is 29.2. The third kappa shape index (κ3) is 3.56. The van der Waals surface area contributed by atoms with E-state index in [4.69, 9.17) is 5.73 Å². The monoisotopic (exact) mass is 343 g/mol. The number of carbonyl (C=O) groups excluding carboxylic acids is 2. The second kappa shape index (κ2) is 7.56. The Morgan fingerprint density at radius 1 is 1.00 bits per heavy atom. The van der Waals surface area contributed by atoms with Gasteiger partial charge in [-0.1, -0.05) is 25.5 Å². The second-order valence-electron chi connectivity index (χ2n) is 7.29. The molecule has 2 saturated heterocycles. The average molecular weight is 343 g/mol. The number of nitrogens with two attached hydrogens (primary N) is 1. The lowest BCUT2D eigenvalue weighted by Gasteiger charge is -2.48. The fraction of sp³-hybridized carbons (Fsp3) is 0.600. The van der Waals surface area contributed by atoms with Crippen LogP contribution in [0.2, 0.25) is 0 Å². The van der Waals surface area contributed by atoms with Gasteiger partial charge in [-0.2, -0.15) is 0 Å². The number of hydrogen-bond acceptors (Lipinski definition) is 3. The third-order valence-corrected chi connectivity index (χ3v) is 5.91. The van der Waals surface area contributed by atoms with Crippen LogP contribution in [-0.2, 0) is 11.2 Å². The van der Waals surface area contributed by atoms with Crippen molar-refractivity contribution in [3.05, 3.63) is 35.4 Å². The Labute approximate surface area is 150 Å². The van der Waals surface area contributed by atoms with E-state index in [-0.39, 0.29) is 11.8 Å². The van der Waals surface area contributed by atoms with Gasteiger partial charge < -0.3 is 10.6 Å². The van der Waals surface area contributed by atoms with Crippen LogP contribution in [-0.4, -0.2) is 53.3 Å². The van der Waals surface area contributed by atoms with Crippen LogP contribution in [0.5, 0.6) is 0 Å². The Kier molecular flexibility index (Phi) is 5.42. The summed E-state index contributed by atoms with van der Waals surface area (Å²) in [5.41, 5.74) is 7.20. The molecule has 0 bridgehead atoms. The minimum Gasteiger partial charge on any atom is -0.368 e. The molecule has 136 valence electrons. The molecule has 3 rings (SSSR count). The Morgan fingerprint density at radius 2 is 1.60 bits per heavy atom. The lowest BCUT2D eigenvalue weighted by molar-refractivity contribution is -0.134. The first-order valence-corrected chi connectivity index (χ1v) is 9.50. The van der Waals surface area contributed by atoms with Gasteiger partial charge in [0.05, 0.1) is 0 Å². The van der Waals surface area contributed by atoms with Crippen LogP contribution >= 0.6 is 0 Å². The smallest absolute Gasteiger partial charge is 0.253 e. The largest absolute Gasteiger partial charge is 0.368 e. The fourth-order valence-electron chi connectivity index (χ4n) is 4.19. The summed E-state index contributed by atoms with van der Waals surface area (Å²) >= 11 is 0. The number of amides is 2. The Bertz CT molecular complexity index is 612. The Balaban J connectivity index is 1.68. The summed E-state index contributed by atoms with van der Waals surface area (Å²) in [6.07, 6.45) is 5.73. The average Bonchev–Trinajstić information content (AvgIpc) is 2.68. The summed E-state index contributed by atoms with van der Waals surface area (Å²) in [6, 6.07) is 7.83. The second-order valence-corrected chi connectivity index (χ2v) is 7.29. The van der Waals surface area contributed by atoms with E-state index in [2.05, 4.69) is 11.8 Å². The van der Waals surface area contributed by atoms with Crippen LogP contribution in [0, 0.1) is 0 Å². The van der Waals surface area contributed by atoms with Gasteiger partial charge in [0.1, 0.15) is 5.54 Å². The molecule has 0 saturated carbocycles. The van der Waals surface area contributed by atoms with E-state index in [0.717, 1.165) is 37.9 Å². The van der Waals surface area contributed by atoms with Gasteiger partial charge in [-0.25, -0.2) is 0 Å². The molecule has 0 spiro atoms. The number of piperidine rings is 2. The van der Waals surface area contributed by atoms with Crippen molar-refractivity contribution < 1.29 is 9.59 Å². The zero-order valence-corrected chi connectivity index (χ0v) is 15.2. The van der Waals surface area contributed by atoms with Crippen LogP contribution in [0.15, 0.2) is 24.3 Å². The molecule has 0 aliphatic carbocycles. The van der Waals surface area contributed by atoms with Gasteiger partial charge in [0.2, 0.25) is 5.91 Å². The van der Waals surface area contributed by atoms with Crippen LogP contribution < -0.4 is 5.73 Å². The number of rotatable bonds is 4. The van der Waals surface area contributed by atoms with Crippen molar-refractivity contribution in [1.29, 1.82) is 0 Å². The van der Waals surface area contributed by atoms with Crippen LogP contribution in [0.25, 0.3) is 0 Å². The molecule has 2 amide bonds. The van der Waals surface area contributed by atoms with Gasteiger partial charge >= 0.3 is 0 Å². The zero-order chi connectivity index (χ0) is 17.9. The highest BCUT2D eigenvalue weighted by atomic mass is 16.2. The van der Waals surface area contributed by atoms with Crippen molar-refractivity contribution in [1.82, 2.24) is 9.80 Å². The molecule has 2 heterocycles. The van der Waals surface area contributed by atoms with E-state index >= 15 is 0 Å². The predicted octanol–water partition coefficient (Wildman–Crippen LogP) is 2.19. The van der Waals surface area contributed by atoms with Crippen molar-refractivity contribution in [2.24, 2.45) is 5.73 Å².